The second-order valence-corrected chi connectivity index (χ2v) is 10.2. The van der Waals surface area contributed by atoms with Gasteiger partial charge in [0, 0.05) is 24.3 Å². The maximum absolute atomic E-state index is 13.4. The van der Waals surface area contributed by atoms with Gasteiger partial charge in [0.15, 0.2) is 0 Å². The molecule has 4 rings (SSSR count). The van der Waals surface area contributed by atoms with Gasteiger partial charge in [0.2, 0.25) is 5.91 Å². The number of hydrogen-bond donors (Lipinski definition) is 4. The predicted octanol–water partition coefficient (Wildman–Crippen LogP) is 3.86. The molecule has 0 aliphatic rings. The monoisotopic (exact) mass is 584 g/mol. The molecule has 43 heavy (non-hydrogen) atoms. The number of rotatable bonds is 15. The molecule has 224 valence electrons. The molecule has 0 spiro atoms. The first kappa shape index (κ1) is 30.9. The van der Waals surface area contributed by atoms with Crippen LogP contribution in [0.5, 0.6) is 0 Å². The van der Waals surface area contributed by atoms with Gasteiger partial charge in [0.25, 0.3) is 0 Å². The number of urea groups is 1. The summed E-state index contributed by atoms with van der Waals surface area (Å²) in [5, 5.41) is 23.4. The third-order valence-corrected chi connectivity index (χ3v) is 6.91. The van der Waals surface area contributed by atoms with Crippen LogP contribution in [0.15, 0.2) is 91.1 Å². The number of amides is 3. The van der Waals surface area contributed by atoms with Gasteiger partial charge in [-0.15, -0.1) is 5.10 Å². The molecule has 1 heterocycles. The minimum absolute atomic E-state index is 0.0804. The average molecular weight is 585 g/mol. The zero-order valence-corrected chi connectivity index (χ0v) is 23.8. The second-order valence-electron chi connectivity index (χ2n) is 10.2. The van der Waals surface area contributed by atoms with E-state index in [9.17, 15) is 19.5 Å². The highest BCUT2D eigenvalue weighted by molar-refractivity contribution is 5.93. The third-order valence-electron chi connectivity index (χ3n) is 6.91. The van der Waals surface area contributed by atoms with Gasteiger partial charge in [0.05, 0.1) is 18.7 Å². The molecule has 5 N–H and O–H groups in total. The number of hydrogen-bond acceptors (Lipinski definition) is 7. The van der Waals surface area contributed by atoms with Crippen LogP contribution in [0.3, 0.4) is 0 Å². The van der Waals surface area contributed by atoms with Crippen LogP contribution in [0.1, 0.15) is 53.6 Å². The number of nitrogens with two attached hydrogens (primary N) is 1. The number of nitrogens with zero attached hydrogens (tertiary/aromatic N) is 3. The van der Waals surface area contributed by atoms with Crippen molar-refractivity contribution in [2.75, 3.05) is 11.9 Å². The van der Waals surface area contributed by atoms with Crippen LogP contribution < -0.4 is 16.4 Å². The lowest BCUT2D eigenvalue weighted by atomic mass is 9.93. The van der Waals surface area contributed by atoms with Crippen LogP contribution in [-0.2, 0) is 34.0 Å². The standard InChI is InChI=1S/C32H36N6O5/c33-32(42)34-17-7-12-29(31(41)35-27-15-13-24(21-39)14-16-27)38-20-28(36-37-38)26(18-23-8-3-1-4-9-23)19-30(40)43-22-25-10-5-2-6-11-25/h1-6,8-11,13-16,20,26,29,39H,7,12,17-19,21-22H2,(H,35,41)(H3,33,34,42)/t26-,29-/m0/s1. The Balaban J connectivity index is 1.52. The zero-order chi connectivity index (χ0) is 30.4. The van der Waals surface area contributed by atoms with Crippen molar-refractivity contribution in [3.63, 3.8) is 0 Å². The summed E-state index contributed by atoms with van der Waals surface area (Å²) < 4.78 is 7.05. The lowest BCUT2D eigenvalue weighted by molar-refractivity contribution is -0.145. The van der Waals surface area contributed by atoms with Gasteiger partial charge in [-0.1, -0.05) is 78.0 Å². The molecule has 0 saturated heterocycles. The largest absolute Gasteiger partial charge is 0.461 e. The highest BCUT2D eigenvalue weighted by atomic mass is 16.5. The van der Waals surface area contributed by atoms with Crippen molar-refractivity contribution in [3.05, 3.63) is 114 Å². The summed E-state index contributed by atoms with van der Waals surface area (Å²) >= 11 is 0. The summed E-state index contributed by atoms with van der Waals surface area (Å²) in [6.45, 7) is 0.358. The van der Waals surface area contributed by atoms with Crippen molar-refractivity contribution >= 4 is 23.6 Å². The first-order valence-corrected chi connectivity index (χ1v) is 14.1. The fraction of sp³-hybridized carbons (Fsp3) is 0.281. The van der Waals surface area contributed by atoms with Crippen LogP contribution in [0.25, 0.3) is 0 Å². The summed E-state index contributed by atoms with van der Waals surface area (Å²) in [5.41, 5.74) is 8.95. The Hall–Kier alpha value is -5.03. The normalized spacial score (nSPS) is 12.2. The van der Waals surface area contributed by atoms with Gasteiger partial charge in [-0.2, -0.15) is 0 Å². The van der Waals surface area contributed by atoms with Gasteiger partial charge >= 0.3 is 12.0 Å². The van der Waals surface area contributed by atoms with Crippen molar-refractivity contribution < 1.29 is 24.2 Å². The molecule has 11 nitrogen and oxygen atoms in total. The van der Waals surface area contributed by atoms with Gasteiger partial charge in [-0.3, -0.25) is 9.59 Å². The molecule has 0 saturated carbocycles. The van der Waals surface area contributed by atoms with E-state index in [2.05, 4.69) is 20.9 Å². The molecular weight excluding hydrogens is 548 g/mol. The molecule has 0 radical (unpaired) electrons. The number of ether oxygens (including phenoxy) is 1. The van der Waals surface area contributed by atoms with E-state index in [4.69, 9.17) is 10.5 Å². The Kier molecular flexibility index (Phi) is 11.4. The topological polar surface area (TPSA) is 161 Å². The Bertz CT molecular complexity index is 1460. The molecule has 0 unspecified atom stereocenters. The van der Waals surface area contributed by atoms with Crippen molar-refractivity contribution in [1.82, 2.24) is 20.3 Å². The van der Waals surface area contributed by atoms with Gasteiger partial charge in [0.1, 0.15) is 12.6 Å². The minimum atomic E-state index is -0.754. The summed E-state index contributed by atoms with van der Waals surface area (Å²) in [4.78, 5) is 37.5. The number of benzene rings is 3. The molecule has 4 aromatic rings. The fourth-order valence-electron chi connectivity index (χ4n) is 4.62. The van der Waals surface area contributed by atoms with Crippen LogP contribution in [0.2, 0.25) is 0 Å². The number of aromatic nitrogens is 3. The summed E-state index contributed by atoms with van der Waals surface area (Å²) in [7, 11) is 0. The van der Waals surface area contributed by atoms with Gasteiger partial charge in [-0.05, 0) is 48.1 Å². The number of aliphatic hydroxyl groups is 1. The zero-order valence-electron chi connectivity index (χ0n) is 23.8. The molecule has 11 heteroatoms. The third kappa shape index (κ3) is 9.79. The van der Waals surface area contributed by atoms with E-state index in [0.29, 0.717) is 30.6 Å². The Morgan fingerprint density at radius 1 is 0.907 bits per heavy atom. The molecule has 0 aliphatic carbocycles. The number of esters is 1. The van der Waals surface area contributed by atoms with Gasteiger partial charge in [-0.25, -0.2) is 9.48 Å². The van der Waals surface area contributed by atoms with Crippen LogP contribution in [-0.4, -0.2) is 44.6 Å². The van der Waals surface area contributed by atoms with Crippen LogP contribution >= 0.6 is 0 Å². The fourth-order valence-corrected chi connectivity index (χ4v) is 4.62. The Labute approximate surface area is 250 Å². The quantitative estimate of drug-likeness (QED) is 0.122. The van der Waals surface area contributed by atoms with E-state index in [0.717, 1.165) is 16.7 Å². The van der Waals surface area contributed by atoms with Crippen molar-refractivity contribution in [1.29, 1.82) is 0 Å². The Morgan fingerprint density at radius 3 is 2.23 bits per heavy atom. The number of aliphatic hydroxyl groups excluding tert-OH is 1. The van der Waals surface area contributed by atoms with E-state index < -0.39 is 12.1 Å². The number of carbonyl (C=O) groups is 3. The van der Waals surface area contributed by atoms with Crippen LogP contribution in [0, 0.1) is 0 Å². The summed E-state index contributed by atoms with van der Waals surface area (Å²) in [6.07, 6.45) is 3.09. The number of carbonyl (C=O) groups excluding carboxylic acids is 3. The smallest absolute Gasteiger partial charge is 0.312 e. The molecule has 0 aliphatic heterocycles. The molecule has 0 bridgehead atoms. The van der Waals surface area contributed by atoms with E-state index >= 15 is 0 Å². The van der Waals surface area contributed by atoms with E-state index in [1.807, 2.05) is 60.7 Å². The van der Waals surface area contributed by atoms with Gasteiger partial charge < -0.3 is 26.2 Å². The molecule has 1 aromatic heterocycles. The lowest BCUT2D eigenvalue weighted by Crippen LogP contribution is -2.31. The SMILES string of the molecule is NC(=O)NCCC[C@@H](C(=O)Nc1ccc(CO)cc1)n1cc([C@H](CC(=O)OCc2ccccc2)Cc2ccccc2)nn1. The number of anilines is 1. The minimum Gasteiger partial charge on any atom is -0.461 e. The van der Waals surface area contributed by atoms with Crippen LogP contribution in [0.4, 0.5) is 10.5 Å². The summed E-state index contributed by atoms with van der Waals surface area (Å²) in [6, 6.07) is 24.7. The molecule has 3 amide bonds. The predicted molar refractivity (Wildman–Crippen MR) is 161 cm³/mol. The molecule has 0 fully saturated rings. The maximum atomic E-state index is 13.4. The highest BCUT2D eigenvalue weighted by Gasteiger charge is 2.26. The number of nitrogens with one attached hydrogen (secondary N) is 2. The van der Waals surface area contributed by atoms with Crippen molar-refractivity contribution in [2.45, 2.75) is 50.9 Å². The van der Waals surface area contributed by atoms with E-state index in [1.165, 1.54) is 4.68 Å². The first-order chi connectivity index (χ1) is 20.9. The molecular formula is C32H36N6O5. The van der Waals surface area contributed by atoms with Crippen molar-refractivity contribution in [2.24, 2.45) is 5.73 Å². The second kappa shape index (κ2) is 15.8. The highest BCUT2D eigenvalue weighted by Crippen LogP contribution is 2.26. The summed E-state index contributed by atoms with van der Waals surface area (Å²) in [5.74, 6) is -1.03. The molecule has 3 aromatic carbocycles. The molecule has 2 atom stereocenters. The average Bonchev–Trinajstić information content (AvgIpc) is 3.51. The maximum Gasteiger partial charge on any atom is 0.312 e. The van der Waals surface area contributed by atoms with E-state index in [-0.39, 0.29) is 44.0 Å². The lowest BCUT2D eigenvalue weighted by Gasteiger charge is -2.17. The van der Waals surface area contributed by atoms with Crippen molar-refractivity contribution in [3.8, 4) is 0 Å². The first-order valence-electron chi connectivity index (χ1n) is 14.1. The van der Waals surface area contributed by atoms with E-state index in [1.54, 1.807) is 30.5 Å². The Morgan fingerprint density at radius 2 is 1.58 bits per heavy atom. The number of primary amides is 1.